The third-order valence-corrected chi connectivity index (χ3v) is 2.35. The van der Waals surface area contributed by atoms with E-state index in [4.69, 9.17) is 0 Å². The molecule has 1 amide bonds. The summed E-state index contributed by atoms with van der Waals surface area (Å²) < 4.78 is 1.88. The summed E-state index contributed by atoms with van der Waals surface area (Å²) >= 11 is 0. The maximum Gasteiger partial charge on any atom is 0.221 e. The zero-order valence-electron chi connectivity index (χ0n) is 9.97. The lowest BCUT2D eigenvalue weighted by atomic mass is 10.2. The largest absolute Gasteiger partial charge is 0.326 e. The van der Waals surface area contributed by atoms with Gasteiger partial charge in [0.15, 0.2) is 0 Å². The number of aryl methyl sites for hydroxylation is 1. The first-order valence-electron chi connectivity index (χ1n) is 5.49. The van der Waals surface area contributed by atoms with Crippen molar-refractivity contribution in [3.8, 4) is 0 Å². The molecule has 1 aromatic heterocycles. The van der Waals surface area contributed by atoms with Crippen molar-refractivity contribution in [2.45, 2.75) is 20.4 Å². The molecule has 0 aliphatic carbocycles. The van der Waals surface area contributed by atoms with Crippen LogP contribution in [0.3, 0.4) is 0 Å². The van der Waals surface area contributed by atoms with Gasteiger partial charge >= 0.3 is 0 Å². The summed E-state index contributed by atoms with van der Waals surface area (Å²) in [5.74, 6) is -0.0583. The van der Waals surface area contributed by atoms with Crippen LogP contribution in [0.1, 0.15) is 18.1 Å². The lowest BCUT2D eigenvalue weighted by Gasteiger charge is -2.05. The number of carbonyl (C=O) groups excluding carboxylic acids is 1. The molecule has 0 bridgehead atoms. The highest BCUT2D eigenvalue weighted by molar-refractivity contribution is 5.88. The highest BCUT2D eigenvalue weighted by Gasteiger charge is 2.00. The molecule has 4 nitrogen and oxygen atoms in total. The third kappa shape index (κ3) is 3.17. The van der Waals surface area contributed by atoms with Gasteiger partial charge in [-0.05, 0) is 30.2 Å². The molecule has 0 radical (unpaired) electrons. The molecule has 88 valence electrons. The molecule has 0 saturated carbocycles. The third-order valence-electron chi connectivity index (χ3n) is 2.35. The summed E-state index contributed by atoms with van der Waals surface area (Å²) in [6.45, 7) is 4.22. The van der Waals surface area contributed by atoms with Gasteiger partial charge in [-0.3, -0.25) is 9.48 Å². The van der Waals surface area contributed by atoms with E-state index in [1.807, 2.05) is 48.3 Å². The number of anilines is 1. The Kier molecular flexibility index (Phi) is 3.23. The van der Waals surface area contributed by atoms with Crippen LogP contribution in [-0.2, 0) is 11.3 Å². The molecule has 1 heterocycles. The van der Waals surface area contributed by atoms with Crippen molar-refractivity contribution < 1.29 is 4.79 Å². The van der Waals surface area contributed by atoms with Crippen molar-refractivity contribution in [2.75, 3.05) is 5.32 Å². The SMILES string of the molecule is CC(=O)Nc1cccc(Cn2cc(C)cn2)c1. The first-order chi connectivity index (χ1) is 8.13. The van der Waals surface area contributed by atoms with Gasteiger partial charge in [0, 0.05) is 18.8 Å². The standard InChI is InChI=1S/C13H15N3O/c1-10-7-14-16(8-10)9-12-4-3-5-13(6-12)15-11(2)17/h3-8H,9H2,1-2H3,(H,15,17). The smallest absolute Gasteiger partial charge is 0.221 e. The van der Waals surface area contributed by atoms with Gasteiger partial charge < -0.3 is 5.32 Å². The highest BCUT2D eigenvalue weighted by atomic mass is 16.1. The van der Waals surface area contributed by atoms with Crippen LogP contribution in [0.5, 0.6) is 0 Å². The van der Waals surface area contributed by atoms with Crippen LogP contribution in [0.25, 0.3) is 0 Å². The fraction of sp³-hybridized carbons (Fsp3) is 0.231. The highest BCUT2D eigenvalue weighted by Crippen LogP contribution is 2.11. The maximum absolute atomic E-state index is 11.0. The van der Waals surface area contributed by atoms with Crippen LogP contribution in [0, 0.1) is 6.92 Å². The van der Waals surface area contributed by atoms with Crippen LogP contribution in [0.2, 0.25) is 0 Å². The molecule has 2 aromatic rings. The Morgan fingerprint density at radius 3 is 2.94 bits per heavy atom. The van der Waals surface area contributed by atoms with Crippen molar-refractivity contribution in [1.82, 2.24) is 9.78 Å². The van der Waals surface area contributed by atoms with Crippen LogP contribution < -0.4 is 5.32 Å². The van der Waals surface area contributed by atoms with Gasteiger partial charge in [-0.15, -0.1) is 0 Å². The number of amides is 1. The average molecular weight is 229 g/mol. The van der Waals surface area contributed by atoms with E-state index in [9.17, 15) is 4.79 Å². The Hall–Kier alpha value is -2.10. The van der Waals surface area contributed by atoms with E-state index < -0.39 is 0 Å². The second-order valence-corrected chi connectivity index (χ2v) is 4.10. The summed E-state index contributed by atoms with van der Waals surface area (Å²) in [7, 11) is 0. The Labute approximate surface area is 100 Å². The predicted molar refractivity (Wildman–Crippen MR) is 66.8 cm³/mol. The van der Waals surface area contributed by atoms with Crippen molar-refractivity contribution in [2.24, 2.45) is 0 Å². The van der Waals surface area contributed by atoms with E-state index in [1.165, 1.54) is 6.92 Å². The second kappa shape index (κ2) is 4.82. The lowest BCUT2D eigenvalue weighted by molar-refractivity contribution is -0.114. The maximum atomic E-state index is 11.0. The van der Waals surface area contributed by atoms with E-state index in [-0.39, 0.29) is 5.91 Å². The quantitative estimate of drug-likeness (QED) is 0.877. The molecule has 0 fully saturated rings. The van der Waals surface area contributed by atoms with E-state index in [2.05, 4.69) is 10.4 Å². The predicted octanol–water partition coefficient (Wildman–Crippen LogP) is 2.20. The minimum atomic E-state index is -0.0583. The Morgan fingerprint density at radius 1 is 1.47 bits per heavy atom. The number of hydrogen-bond donors (Lipinski definition) is 1. The minimum absolute atomic E-state index is 0.0583. The van der Waals surface area contributed by atoms with Gasteiger partial charge in [-0.1, -0.05) is 12.1 Å². The molecule has 0 unspecified atom stereocenters. The number of carbonyl (C=O) groups is 1. The fourth-order valence-corrected chi connectivity index (χ4v) is 1.69. The topological polar surface area (TPSA) is 46.9 Å². The van der Waals surface area contributed by atoms with Gasteiger partial charge in [0.1, 0.15) is 0 Å². The number of nitrogens with zero attached hydrogens (tertiary/aromatic N) is 2. The van der Waals surface area contributed by atoms with E-state index in [1.54, 1.807) is 0 Å². The summed E-state index contributed by atoms with van der Waals surface area (Å²) in [6, 6.07) is 7.77. The first kappa shape index (κ1) is 11.4. The number of hydrogen-bond acceptors (Lipinski definition) is 2. The molecule has 0 aliphatic heterocycles. The Balaban J connectivity index is 2.13. The van der Waals surface area contributed by atoms with Gasteiger partial charge in [0.25, 0.3) is 0 Å². The van der Waals surface area contributed by atoms with Crippen LogP contribution in [0.15, 0.2) is 36.7 Å². The summed E-state index contributed by atoms with van der Waals surface area (Å²) in [5, 5.41) is 7.00. The fourth-order valence-electron chi connectivity index (χ4n) is 1.69. The van der Waals surface area contributed by atoms with E-state index in [0.717, 1.165) is 16.8 Å². The number of nitrogens with one attached hydrogen (secondary N) is 1. The molecule has 17 heavy (non-hydrogen) atoms. The summed E-state index contributed by atoms with van der Waals surface area (Å²) in [5.41, 5.74) is 3.07. The molecule has 0 aliphatic rings. The van der Waals surface area contributed by atoms with E-state index >= 15 is 0 Å². The second-order valence-electron chi connectivity index (χ2n) is 4.10. The average Bonchev–Trinajstić information content (AvgIpc) is 2.63. The number of benzene rings is 1. The van der Waals surface area contributed by atoms with Crippen molar-refractivity contribution >= 4 is 11.6 Å². The van der Waals surface area contributed by atoms with Gasteiger partial charge in [0.2, 0.25) is 5.91 Å². The molecule has 2 rings (SSSR count). The lowest BCUT2D eigenvalue weighted by Crippen LogP contribution is -2.06. The summed E-state index contributed by atoms with van der Waals surface area (Å²) in [6.07, 6.45) is 3.82. The Morgan fingerprint density at radius 2 is 2.29 bits per heavy atom. The van der Waals surface area contributed by atoms with Crippen LogP contribution in [0.4, 0.5) is 5.69 Å². The zero-order valence-corrected chi connectivity index (χ0v) is 9.97. The summed E-state index contributed by atoms with van der Waals surface area (Å²) in [4.78, 5) is 11.0. The number of rotatable bonds is 3. The normalized spacial score (nSPS) is 10.2. The van der Waals surface area contributed by atoms with Gasteiger partial charge in [-0.25, -0.2) is 0 Å². The van der Waals surface area contributed by atoms with Crippen LogP contribution in [-0.4, -0.2) is 15.7 Å². The van der Waals surface area contributed by atoms with Crippen molar-refractivity contribution in [3.05, 3.63) is 47.8 Å². The van der Waals surface area contributed by atoms with Gasteiger partial charge in [0.05, 0.1) is 12.7 Å². The number of aromatic nitrogens is 2. The van der Waals surface area contributed by atoms with Crippen LogP contribution >= 0.6 is 0 Å². The first-order valence-corrected chi connectivity index (χ1v) is 5.49. The van der Waals surface area contributed by atoms with E-state index in [0.29, 0.717) is 6.54 Å². The zero-order chi connectivity index (χ0) is 12.3. The molecular formula is C13H15N3O. The molecule has 1 N–H and O–H groups in total. The molecule has 4 heteroatoms. The minimum Gasteiger partial charge on any atom is -0.326 e. The molecular weight excluding hydrogens is 214 g/mol. The van der Waals surface area contributed by atoms with Crippen molar-refractivity contribution in [1.29, 1.82) is 0 Å². The van der Waals surface area contributed by atoms with Gasteiger partial charge in [-0.2, -0.15) is 5.10 Å². The molecule has 1 aromatic carbocycles. The molecule has 0 spiro atoms. The molecule has 0 atom stereocenters. The van der Waals surface area contributed by atoms with Crippen molar-refractivity contribution in [3.63, 3.8) is 0 Å². The molecule has 0 saturated heterocycles. The monoisotopic (exact) mass is 229 g/mol. The Bertz CT molecular complexity index is 531.